The average Bonchev–Trinajstić information content (AvgIpc) is 2.93. The van der Waals surface area contributed by atoms with Gasteiger partial charge in [-0.1, -0.05) is 59.6 Å². The van der Waals surface area contributed by atoms with Crippen LogP contribution in [0.4, 0.5) is 5.13 Å². The van der Waals surface area contributed by atoms with Gasteiger partial charge in [0.1, 0.15) is 0 Å². The van der Waals surface area contributed by atoms with Crippen molar-refractivity contribution in [2.75, 3.05) is 11.4 Å². The van der Waals surface area contributed by atoms with Crippen molar-refractivity contribution in [3.63, 3.8) is 0 Å². The Balaban J connectivity index is 1.80. The lowest BCUT2D eigenvalue weighted by molar-refractivity contribution is 0.777. The molecule has 0 fully saturated rings. The molecule has 25 heavy (non-hydrogen) atoms. The fourth-order valence-electron chi connectivity index (χ4n) is 2.62. The number of hydrogen-bond acceptors (Lipinski definition) is 3. The van der Waals surface area contributed by atoms with Crippen molar-refractivity contribution < 1.29 is 0 Å². The molecule has 0 saturated heterocycles. The third-order valence-corrected chi connectivity index (χ3v) is 5.89. The zero-order valence-corrected chi connectivity index (χ0v) is 16.6. The Bertz CT molecular complexity index is 827. The molecule has 3 aromatic rings. The molecule has 0 aliphatic rings. The molecule has 3 rings (SSSR count). The Morgan fingerprint density at radius 3 is 2.44 bits per heavy atom. The van der Waals surface area contributed by atoms with Crippen molar-refractivity contribution in [2.45, 2.75) is 26.8 Å². The van der Waals surface area contributed by atoms with E-state index >= 15 is 0 Å². The van der Waals surface area contributed by atoms with E-state index in [1.54, 1.807) is 17.4 Å². The van der Waals surface area contributed by atoms with Crippen molar-refractivity contribution in [3.05, 3.63) is 80.3 Å². The minimum Gasteiger partial charge on any atom is -0.343 e. The molecule has 0 N–H and O–H groups in total. The van der Waals surface area contributed by atoms with E-state index in [0.717, 1.165) is 40.9 Å². The van der Waals surface area contributed by atoms with Gasteiger partial charge in [-0.3, -0.25) is 0 Å². The first kappa shape index (κ1) is 18.2. The molecule has 0 bridgehead atoms. The predicted molar refractivity (Wildman–Crippen MR) is 109 cm³/mol. The van der Waals surface area contributed by atoms with Gasteiger partial charge in [-0.15, -0.1) is 11.3 Å². The molecule has 0 aliphatic heterocycles. The van der Waals surface area contributed by atoms with Crippen molar-refractivity contribution in [1.29, 1.82) is 0 Å². The summed E-state index contributed by atoms with van der Waals surface area (Å²) in [4.78, 5) is 8.33. The first-order valence-electron chi connectivity index (χ1n) is 8.20. The molecule has 2 aromatic carbocycles. The molecule has 0 atom stereocenters. The Labute approximate surface area is 163 Å². The minimum atomic E-state index is 0.668. The summed E-state index contributed by atoms with van der Waals surface area (Å²) in [6.07, 6.45) is 0.848. The van der Waals surface area contributed by atoms with Gasteiger partial charge in [-0.2, -0.15) is 0 Å². The molecular weight excluding hydrogens is 371 g/mol. The van der Waals surface area contributed by atoms with Gasteiger partial charge in [0, 0.05) is 28.0 Å². The molecule has 0 radical (unpaired) electrons. The van der Waals surface area contributed by atoms with Gasteiger partial charge in [-0.25, -0.2) is 4.98 Å². The first-order chi connectivity index (χ1) is 12.0. The van der Waals surface area contributed by atoms with E-state index in [-0.39, 0.29) is 0 Å². The fourth-order valence-corrected chi connectivity index (χ4v) is 4.05. The third-order valence-electron chi connectivity index (χ3n) is 4.17. The summed E-state index contributed by atoms with van der Waals surface area (Å²) < 4.78 is 0. The number of rotatable bonds is 6. The normalized spacial score (nSPS) is 10.9. The van der Waals surface area contributed by atoms with Crippen LogP contribution in [0.25, 0.3) is 0 Å². The maximum Gasteiger partial charge on any atom is 0.186 e. The molecule has 0 aliphatic carbocycles. The zero-order valence-electron chi connectivity index (χ0n) is 14.3. The molecule has 2 nitrogen and oxygen atoms in total. The Hall–Kier alpha value is -1.55. The predicted octanol–water partition coefficient (Wildman–Crippen LogP) is 6.32. The summed E-state index contributed by atoms with van der Waals surface area (Å²) in [6, 6.07) is 16.2. The van der Waals surface area contributed by atoms with Gasteiger partial charge >= 0.3 is 0 Å². The largest absolute Gasteiger partial charge is 0.343 e. The van der Waals surface area contributed by atoms with Crippen LogP contribution in [0.15, 0.2) is 48.5 Å². The van der Waals surface area contributed by atoms with Crippen LogP contribution in [0.1, 0.15) is 21.7 Å². The number of thiazole rings is 1. The molecule has 0 spiro atoms. The molecule has 0 unspecified atom stereocenters. The fraction of sp³-hybridized carbons (Fsp3) is 0.250. The van der Waals surface area contributed by atoms with Crippen molar-refractivity contribution in [3.8, 4) is 0 Å². The van der Waals surface area contributed by atoms with E-state index in [1.807, 2.05) is 18.2 Å². The van der Waals surface area contributed by atoms with Crippen LogP contribution >= 0.6 is 34.5 Å². The lowest BCUT2D eigenvalue weighted by Gasteiger charge is -2.22. The van der Waals surface area contributed by atoms with Crippen molar-refractivity contribution in [2.24, 2.45) is 0 Å². The average molecular weight is 391 g/mol. The maximum absolute atomic E-state index is 6.33. The van der Waals surface area contributed by atoms with Gasteiger partial charge in [0.05, 0.1) is 5.69 Å². The number of hydrogen-bond donors (Lipinski definition) is 0. The number of aryl methyl sites for hydroxylation is 2. The van der Waals surface area contributed by atoms with E-state index in [4.69, 9.17) is 28.2 Å². The van der Waals surface area contributed by atoms with E-state index < -0.39 is 0 Å². The third kappa shape index (κ3) is 4.75. The molecule has 0 saturated carbocycles. The molecule has 1 heterocycles. The topological polar surface area (TPSA) is 16.1 Å². The number of benzene rings is 2. The highest BCUT2D eigenvalue weighted by Crippen LogP contribution is 2.28. The Morgan fingerprint density at radius 2 is 1.80 bits per heavy atom. The standard InChI is InChI=1S/C20H20Cl2N2S/c1-14-15(2)25-20(23-14)24(13-16-6-4-3-5-7-16)11-10-17-8-9-18(21)12-19(17)22/h3-9,12H,10-11,13H2,1-2H3. The highest BCUT2D eigenvalue weighted by Gasteiger charge is 2.14. The number of halogens is 2. The molecule has 1 aromatic heterocycles. The Morgan fingerprint density at radius 1 is 1.04 bits per heavy atom. The summed E-state index contributed by atoms with van der Waals surface area (Å²) in [5, 5.41) is 2.45. The van der Waals surface area contributed by atoms with Crippen LogP contribution in [0, 0.1) is 13.8 Å². The quantitative estimate of drug-likeness (QED) is 0.489. The lowest BCUT2D eigenvalue weighted by atomic mass is 10.1. The summed E-state index contributed by atoms with van der Waals surface area (Å²) in [5.74, 6) is 0. The van der Waals surface area contributed by atoms with E-state index in [2.05, 4.69) is 43.0 Å². The SMILES string of the molecule is Cc1nc(N(CCc2ccc(Cl)cc2Cl)Cc2ccccc2)sc1C. The number of nitrogens with zero attached hydrogens (tertiary/aromatic N) is 2. The van der Waals surface area contributed by atoms with Crippen LogP contribution in [-0.2, 0) is 13.0 Å². The van der Waals surface area contributed by atoms with Crippen molar-refractivity contribution in [1.82, 2.24) is 4.98 Å². The second kappa shape index (κ2) is 8.22. The monoisotopic (exact) mass is 390 g/mol. The van der Waals surface area contributed by atoms with Crippen LogP contribution in [0.5, 0.6) is 0 Å². The number of anilines is 1. The van der Waals surface area contributed by atoms with Gasteiger partial charge in [0.2, 0.25) is 0 Å². The van der Waals surface area contributed by atoms with Crippen LogP contribution in [0.3, 0.4) is 0 Å². The highest BCUT2D eigenvalue weighted by atomic mass is 35.5. The van der Waals surface area contributed by atoms with Crippen molar-refractivity contribution >= 4 is 39.7 Å². The van der Waals surface area contributed by atoms with Crippen LogP contribution < -0.4 is 4.90 Å². The second-order valence-corrected chi connectivity index (χ2v) is 8.06. The summed E-state index contributed by atoms with van der Waals surface area (Å²) >= 11 is 14.1. The minimum absolute atomic E-state index is 0.668. The first-order valence-corrected chi connectivity index (χ1v) is 9.77. The maximum atomic E-state index is 6.33. The van der Waals surface area contributed by atoms with Crippen LogP contribution in [0.2, 0.25) is 10.0 Å². The van der Waals surface area contributed by atoms with Gasteiger partial charge < -0.3 is 4.90 Å². The van der Waals surface area contributed by atoms with E-state index in [9.17, 15) is 0 Å². The lowest BCUT2D eigenvalue weighted by Crippen LogP contribution is -2.25. The smallest absolute Gasteiger partial charge is 0.186 e. The highest BCUT2D eigenvalue weighted by molar-refractivity contribution is 7.15. The molecular formula is C20H20Cl2N2S. The van der Waals surface area contributed by atoms with Gasteiger partial charge in [0.15, 0.2) is 5.13 Å². The second-order valence-electron chi connectivity index (χ2n) is 6.03. The molecule has 5 heteroatoms. The Kier molecular flexibility index (Phi) is 6.00. The summed E-state index contributed by atoms with van der Waals surface area (Å²) in [6.45, 7) is 5.86. The summed E-state index contributed by atoms with van der Waals surface area (Å²) in [7, 11) is 0. The summed E-state index contributed by atoms with van der Waals surface area (Å²) in [5.41, 5.74) is 3.48. The number of aromatic nitrogens is 1. The molecule has 0 amide bonds. The molecule has 130 valence electrons. The van der Waals surface area contributed by atoms with E-state index in [1.165, 1.54) is 10.4 Å². The zero-order chi connectivity index (χ0) is 17.8. The van der Waals surface area contributed by atoms with Crippen LogP contribution in [-0.4, -0.2) is 11.5 Å². The van der Waals surface area contributed by atoms with E-state index in [0.29, 0.717) is 5.02 Å². The van der Waals surface area contributed by atoms with Gasteiger partial charge in [-0.05, 0) is 43.5 Å². The van der Waals surface area contributed by atoms with Gasteiger partial charge in [0.25, 0.3) is 0 Å².